The first kappa shape index (κ1) is 12.6. The van der Waals surface area contributed by atoms with E-state index in [9.17, 15) is 13.2 Å². The second-order valence-electron chi connectivity index (χ2n) is 3.78. The average molecular weight is 253 g/mol. The van der Waals surface area contributed by atoms with Gasteiger partial charge in [-0.05, 0) is 29.3 Å². The van der Waals surface area contributed by atoms with Crippen LogP contribution in [0.15, 0.2) is 42.7 Å². The van der Waals surface area contributed by atoms with Crippen molar-refractivity contribution in [1.82, 2.24) is 4.98 Å². The minimum absolute atomic E-state index is 0.0298. The van der Waals surface area contributed by atoms with Gasteiger partial charge in [0.25, 0.3) is 0 Å². The molecule has 0 spiro atoms. The first-order chi connectivity index (χ1) is 8.52. The third-order valence-corrected chi connectivity index (χ3v) is 2.54. The fourth-order valence-electron chi connectivity index (χ4n) is 1.70. The lowest BCUT2D eigenvalue weighted by molar-refractivity contribution is -0.137. The van der Waals surface area contributed by atoms with Gasteiger partial charge in [-0.15, -0.1) is 0 Å². The molecule has 18 heavy (non-hydrogen) atoms. The molecule has 1 heterocycles. The highest BCUT2D eigenvalue weighted by molar-refractivity contribution is 5.68. The molecule has 0 bridgehead atoms. The Morgan fingerprint density at radius 2 is 1.94 bits per heavy atom. The summed E-state index contributed by atoms with van der Waals surface area (Å²) in [6.45, 7) is -0.300. The quantitative estimate of drug-likeness (QED) is 0.891. The van der Waals surface area contributed by atoms with E-state index in [2.05, 4.69) is 4.98 Å². The third-order valence-electron chi connectivity index (χ3n) is 2.54. The minimum atomic E-state index is -4.43. The van der Waals surface area contributed by atoms with Crippen molar-refractivity contribution in [2.24, 2.45) is 0 Å². The standard InChI is InChI=1S/C13H10F3NO/c14-13(15,16)12-4-3-9(8-18)6-11(12)10-2-1-5-17-7-10/h1-7,18H,8H2. The maximum absolute atomic E-state index is 12.9. The van der Waals surface area contributed by atoms with Gasteiger partial charge < -0.3 is 5.11 Å². The van der Waals surface area contributed by atoms with Gasteiger partial charge in [0.05, 0.1) is 12.2 Å². The number of hydrogen-bond acceptors (Lipinski definition) is 2. The summed E-state index contributed by atoms with van der Waals surface area (Å²) in [5, 5.41) is 9.01. The SMILES string of the molecule is OCc1ccc(C(F)(F)F)c(-c2cccnc2)c1. The molecule has 0 atom stereocenters. The Labute approximate surface area is 102 Å². The predicted molar refractivity (Wildman–Crippen MR) is 60.6 cm³/mol. The summed E-state index contributed by atoms with van der Waals surface area (Å²) >= 11 is 0. The molecule has 2 nitrogen and oxygen atoms in total. The van der Waals surface area contributed by atoms with E-state index >= 15 is 0 Å². The van der Waals surface area contributed by atoms with E-state index < -0.39 is 11.7 Å². The molecule has 2 rings (SSSR count). The van der Waals surface area contributed by atoms with Crippen LogP contribution in [0.4, 0.5) is 13.2 Å². The van der Waals surface area contributed by atoms with E-state index in [1.165, 1.54) is 24.5 Å². The Kier molecular flexibility index (Phi) is 3.34. The van der Waals surface area contributed by atoms with Crippen molar-refractivity contribution in [3.8, 4) is 11.1 Å². The van der Waals surface area contributed by atoms with Crippen molar-refractivity contribution in [2.75, 3.05) is 0 Å². The van der Waals surface area contributed by atoms with Gasteiger partial charge in [0.2, 0.25) is 0 Å². The van der Waals surface area contributed by atoms with Gasteiger partial charge in [-0.3, -0.25) is 4.98 Å². The van der Waals surface area contributed by atoms with Gasteiger partial charge in [0.15, 0.2) is 0 Å². The van der Waals surface area contributed by atoms with Crippen LogP contribution in [-0.2, 0) is 12.8 Å². The second-order valence-corrected chi connectivity index (χ2v) is 3.78. The van der Waals surface area contributed by atoms with Crippen molar-refractivity contribution < 1.29 is 18.3 Å². The molecule has 94 valence electrons. The molecule has 0 fully saturated rings. The summed E-state index contributed by atoms with van der Waals surface area (Å²) in [5.74, 6) is 0. The van der Waals surface area contributed by atoms with Crippen LogP contribution >= 0.6 is 0 Å². The summed E-state index contributed by atoms with van der Waals surface area (Å²) in [7, 11) is 0. The van der Waals surface area contributed by atoms with E-state index in [4.69, 9.17) is 5.11 Å². The third kappa shape index (κ3) is 2.51. The number of nitrogens with zero attached hydrogens (tertiary/aromatic N) is 1. The van der Waals surface area contributed by atoms with Gasteiger partial charge in [-0.1, -0.05) is 12.1 Å². The van der Waals surface area contributed by atoms with E-state index in [0.717, 1.165) is 6.07 Å². The molecular formula is C13H10F3NO. The van der Waals surface area contributed by atoms with Gasteiger partial charge in [-0.2, -0.15) is 13.2 Å². The molecule has 0 saturated heterocycles. The Morgan fingerprint density at radius 3 is 2.50 bits per heavy atom. The van der Waals surface area contributed by atoms with Crippen LogP contribution in [0, 0.1) is 0 Å². The maximum Gasteiger partial charge on any atom is 0.417 e. The number of halogens is 3. The summed E-state index contributed by atoms with van der Waals surface area (Å²) in [6, 6.07) is 6.70. The lowest BCUT2D eigenvalue weighted by Gasteiger charge is -2.13. The molecule has 0 aliphatic heterocycles. The van der Waals surface area contributed by atoms with Gasteiger partial charge >= 0.3 is 6.18 Å². The largest absolute Gasteiger partial charge is 0.417 e. The summed E-state index contributed by atoms with van der Waals surface area (Å²) in [4.78, 5) is 3.81. The van der Waals surface area contributed by atoms with Crippen molar-refractivity contribution in [3.63, 3.8) is 0 Å². The first-order valence-corrected chi connectivity index (χ1v) is 5.24. The number of hydrogen-bond donors (Lipinski definition) is 1. The second kappa shape index (κ2) is 4.78. The molecule has 1 N–H and O–H groups in total. The van der Waals surface area contributed by atoms with Gasteiger partial charge in [-0.25, -0.2) is 0 Å². The lowest BCUT2D eigenvalue weighted by Crippen LogP contribution is -2.07. The van der Waals surface area contributed by atoms with Crippen molar-refractivity contribution in [3.05, 3.63) is 53.9 Å². The smallest absolute Gasteiger partial charge is 0.392 e. The summed E-state index contributed by atoms with van der Waals surface area (Å²) in [6.07, 6.45) is -1.57. The number of pyridine rings is 1. The van der Waals surface area contributed by atoms with E-state index in [0.29, 0.717) is 11.1 Å². The van der Waals surface area contributed by atoms with Crippen molar-refractivity contribution >= 4 is 0 Å². The van der Waals surface area contributed by atoms with Gasteiger partial charge in [0, 0.05) is 18.0 Å². The van der Waals surface area contributed by atoms with E-state index in [1.807, 2.05) is 0 Å². The molecular weight excluding hydrogens is 243 g/mol. The van der Waals surface area contributed by atoms with Crippen LogP contribution in [-0.4, -0.2) is 10.1 Å². The van der Waals surface area contributed by atoms with Crippen molar-refractivity contribution in [2.45, 2.75) is 12.8 Å². The fraction of sp³-hybridized carbons (Fsp3) is 0.154. The Hall–Kier alpha value is -1.88. The number of benzene rings is 1. The fourth-order valence-corrected chi connectivity index (χ4v) is 1.70. The normalized spacial score (nSPS) is 11.6. The molecule has 2 aromatic rings. The molecule has 0 saturated carbocycles. The number of aromatic nitrogens is 1. The van der Waals surface area contributed by atoms with E-state index in [-0.39, 0.29) is 12.2 Å². The van der Waals surface area contributed by atoms with Crippen LogP contribution < -0.4 is 0 Å². The molecule has 0 unspecified atom stereocenters. The summed E-state index contributed by atoms with van der Waals surface area (Å²) in [5.41, 5.74) is 0.108. The zero-order valence-corrected chi connectivity index (χ0v) is 9.28. The molecule has 1 aromatic heterocycles. The van der Waals surface area contributed by atoms with Gasteiger partial charge in [0.1, 0.15) is 0 Å². The first-order valence-electron chi connectivity index (χ1n) is 5.24. The molecule has 0 amide bonds. The van der Waals surface area contributed by atoms with Crippen LogP contribution in [0.5, 0.6) is 0 Å². The number of aliphatic hydroxyl groups is 1. The highest BCUT2D eigenvalue weighted by Gasteiger charge is 2.33. The van der Waals surface area contributed by atoms with Crippen LogP contribution in [0.2, 0.25) is 0 Å². The molecule has 0 aliphatic carbocycles. The van der Waals surface area contributed by atoms with Crippen LogP contribution in [0.25, 0.3) is 11.1 Å². The average Bonchev–Trinajstić information content (AvgIpc) is 2.38. The minimum Gasteiger partial charge on any atom is -0.392 e. The molecule has 0 aliphatic rings. The van der Waals surface area contributed by atoms with Crippen molar-refractivity contribution in [1.29, 1.82) is 0 Å². The zero-order chi connectivity index (χ0) is 13.2. The zero-order valence-electron chi connectivity index (χ0n) is 9.28. The molecule has 5 heteroatoms. The van der Waals surface area contributed by atoms with Crippen LogP contribution in [0.1, 0.15) is 11.1 Å². The molecule has 1 aromatic carbocycles. The number of rotatable bonds is 2. The Bertz CT molecular complexity index is 538. The highest BCUT2D eigenvalue weighted by Crippen LogP contribution is 2.37. The number of alkyl halides is 3. The maximum atomic E-state index is 12.9. The van der Waals surface area contributed by atoms with E-state index in [1.54, 1.807) is 12.1 Å². The topological polar surface area (TPSA) is 33.1 Å². The predicted octanol–water partition coefficient (Wildman–Crippen LogP) is 3.26. The highest BCUT2D eigenvalue weighted by atomic mass is 19.4. The Balaban J connectivity index is 2.62. The summed E-state index contributed by atoms with van der Waals surface area (Å²) < 4.78 is 38.7. The lowest BCUT2D eigenvalue weighted by atomic mass is 9.98. The Morgan fingerprint density at radius 1 is 1.17 bits per heavy atom. The molecule has 0 radical (unpaired) electrons. The monoisotopic (exact) mass is 253 g/mol. The number of aliphatic hydroxyl groups excluding tert-OH is 1. The van der Waals surface area contributed by atoms with Crippen LogP contribution in [0.3, 0.4) is 0 Å².